The van der Waals surface area contributed by atoms with Crippen molar-refractivity contribution in [1.82, 2.24) is 4.90 Å². The first-order valence-electron chi connectivity index (χ1n) is 10.9. The Hall–Kier alpha value is -3.52. The zero-order valence-electron chi connectivity index (χ0n) is 18.7. The van der Waals surface area contributed by atoms with Gasteiger partial charge in [0.2, 0.25) is 0 Å². The molecule has 2 aliphatic heterocycles. The fourth-order valence-corrected chi connectivity index (χ4v) is 4.12. The first-order chi connectivity index (χ1) is 16.0. The number of carbonyl (C=O) groups is 2. The van der Waals surface area contributed by atoms with E-state index in [0.29, 0.717) is 67.8 Å². The Morgan fingerprint density at radius 1 is 1.12 bits per heavy atom. The normalized spacial score (nSPS) is 19.1. The van der Waals surface area contributed by atoms with Crippen LogP contribution in [0.2, 0.25) is 0 Å². The van der Waals surface area contributed by atoms with E-state index in [2.05, 4.69) is 0 Å². The third kappa shape index (κ3) is 4.52. The van der Waals surface area contributed by atoms with Crippen molar-refractivity contribution in [2.45, 2.75) is 19.4 Å². The molecule has 33 heavy (non-hydrogen) atoms. The summed E-state index contributed by atoms with van der Waals surface area (Å²) in [5.41, 5.74) is 1.08. The van der Waals surface area contributed by atoms with Crippen molar-refractivity contribution >= 4 is 17.4 Å². The molecule has 4 rings (SSSR count). The van der Waals surface area contributed by atoms with E-state index in [-0.39, 0.29) is 11.3 Å². The molecule has 8 nitrogen and oxygen atoms in total. The molecule has 8 heteroatoms. The number of carbonyl (C=O) groups excluding carboxylic acids is 2. The standard InChI is InChI=1S/C25H27NO7/c1-3-31-18-7-4-6-16(14-18)22-21(24(28)25(29)26(22)10-5-11-30-2)23(27)17-8-9-19-20(15-17)33-13-12-32-19/h4,6-9,14-15,22,27H,3,5,10-13H2,1-2H3/b23-21+. The molecule has 0 aliphatic carbocycles. The number of amides is 1. The number of ketones is 1. The second-order valence-corrected chi connectivity index (χ2v) is 7.70. The van der Waals surface area contributed by atoms with Gasteiger partial charge in [-0.05, 0) is 49.2 Å². The number of benzene rings is 2. The van der Waals surface area contributed by atoms with Crippen molar-refractivity contribution in [2.24, 2.45) is 0 Å². The van der Waals surface area contributed by atoms with Gasteiger partial charge in [0, 0.05) is 25.8 Å². The quantitative estimate of drug-likeness (QED) is 0.284. The monoisotopic (exact) mass is 453 g/mol. The van der Waals surface area contributed by atoms with Gasteiger partial charge in [-0.25, -0.2) is 0 Å². The van der Waals surface area contributed by atoms with Crippen LogP contribution in [0.15, 0.2) is 48.0 Å². The molecule has 0 bridgehead atoms. The summed E-state index contributed by atoms with van der Waals surface area (Å²) in [5.74, 6) is 0.0279. The van der Waals surface area contributed by atoms with Crippen molar-refractivity contribution in [1.29, 1.82) is 0 Å². The molecule has 2 aromatic carbocycles. The van der Waals surface area contributed by atoms with Gasteiger partial charge in [0.1, 0.15) is 24.7 Å². The first-order valence-corrected chi connectivity index (χ1v) is 10.9. The zero-order chi connectivity index (χ0) is 23.4. The largest absolute Gasteiger partial charge is 0.507 e. The number of aliphatic hydroxyl groups excluding tert-OH is 1. The summed E-state index contributed by atoms with van der Waals surface area (Å²) in [6, 6.07) is 11.4. The lowest BCUT2D eigenvalue weighted by Crippen LogP contribution is -2.31. The third-order valence-corrected chi connectivity index (χ3v) is 5.59. The lowest BCUT2D eigenvalue weighted by molar-refractivity contribution is -0.140. The number of aliphatic hydroxyl groups is 1. The van der Waals surface area contributed by atoms with Crippen LogP contribution in [0.4, 0.5) is 0 Å². The Morgan fingerprint density at radius 3 is 2.67 bits per heavy atom. The van der Waals surface area contributed by atoms with E-state index in [4.69, 9.17) is 18.9 Å². The van der Waals surface area contributed by atoms with Gasteiger partial charge in [-0.3, -0.25) is 9.59 Å². The Bertz CT molecular complexity index is 1080. The van der Waals surface area contributed by atoms with Crippen LogP contribution in [0.1, 0.15) is 30.5 Å². The molecule has 1 atom stereocenters. The van der Waals surface area contributed by atoms with E-state index in [0.717, 1.165) is 0 Å². The summed E-state index contributed by atoms with van der Waals surface area (Å²) < 4.78 is 21.9. The molecular formula is C25H27NO7. The van der Waals surface area contributed by atoms with Crippen molar-refractivity contribution in [3.63, 3.8) is 0 Å². The van der Waals surface area contributed by atoms with Crippen LogP contribution in [0.5, 0.6) is 17.2 Å². The lowest BCUT2D eigenvalue weighted by Gasteiger charge is -2.25. The number of ether oxygens (including phenoxy) is 4. The number of likely N-dealkylation sites (tertiary alicyclic amines) is 1. The van der Waals surface area contributed by atoms with Gasteiger partial charge >= 0.3 is 0 Å². The molecule has 2 aliphatic rings. The summed E-state index contributed by atoms with van der Waals surface area (Å²) in [6.07, 6.45) is 0.551. The highest BCUT2D eigenvalue weighted by Gasteiger charge is 2.46. The van der Waals surface area contributed by atoms with E-state index < -0.39 is 17.7 Å². The van der Waals surface area contributed by atoms with E-state index >= 15 is 0 Å². The van der Waals surface area contributed by atoms with Gasteiger partial charge in [-0.15, -0.1) is 0 Å². The predicted molar refractivity (Wildman–Crippen MR) is 121 cm³/mol. The van der Waals surface area contributed by atoms with E-state index in [9.17, 15) is 14.7 Å². The van der Waals surface area contributed by atoms with Gasteiger partial charge in [0.15, 0.2) is 11.5 Å². The highest BCUT2D eigenvalue weighted by atomic mass is 16.6. The molecule has 0 saturated carbocycles. The first kappa shape index (κ1) is 22.7. The number of hydrogen-bond donors (Lipinski definition) is 1. The van der Waals surface area contributed by atoms with Crippen LogP contribution in [0.25, 0.3) is 5.76 Å². The van der Waals surface area contributed by atoms with E-state index in [1.165, 1.54) is 4.90 Å². The Kier molecular flexibility index (Phi) is 6.84. The maximum Gasteiger partial charge on any atom is 0.295 e. The van der Waals surface area contributed by atoms with Crippen LogP contribution in [-0.2, 0) is 14.3 Å². The average molecular weight is 453 g/mol. The number of rotatable bonds is 8. The second kappa shape index (κ2) is 9.95. The van der Waals surface area contributed by atoms with Gasteiger partial charge in [-0.1, -0.05) is 12.1 Å². The number of Topliss-reactive ketones (excluding diaryl/α,β-unsaturated/α-hetero) is 1. The Morgan fingerprint density at radius 2 is 1.91 bits per heavy atom. The van der Waals surface area contributed by atoms with Crippen LogP contribution in [0.3, 0.4) is 0 Å². The van der Waals surface area contributed by atoms with Crippen LogP contribution < -0.4 is 14.2 Å². The number of hydrogen-bond acceptors (Lipinski definition) is 7. The van der Waals surface area contributed by atoms with Gasteiger partial charge in [-0.2, -0.15) is 0 Å². The van der Waals surface area contributed by atoms with Crippen molar-refractivity contribution < 1.29 is 33.6 Å². The molecule has 0 spiro atoms. The molecule has 174 valence electrons. The molecule has 1 saturated heterocycles. The fraction of sp³-hybridized carbons (Fsp3) is 0.360. The minimum absolute atomic E-state index is 0.0303. The van der Waals surface area contributed by atoms with Crippen molar-refractivity contribution in [3.05, 3.63) is 59.2 Å². The van der Waals surface area contributed by atoms with Crippen molar-refractivity contribution in [3.8, 4) is 17.2 Å². The molecule has 1 amide bonds. The second-order valence-electron chi connectivity index (χ2n) is 7.70. The fourth-order valence-electron chi connectivity index (χ4n) is 4.12. The molecule has 0 radical (unpaired) electrons. The van der Waals surface area contributed by atoms with Gasteiger partial charge in [0.25, 0.3) is 11.7 Å². The summed E-state index contributed by atoms with van der Waals surface area (Å²) >= 11 is 0. The molecule has 1 N–H and O–H groups in total. The zero-order valence-corrected chi connectivity index (χ0v) is 18.7. The molecule has 2 aromatic rings. The van der Waals surface area contributed by atoms with Crippen molar-refractivity contribution in [2.75, 3.05) is 40.1 Å². The maximum absolute atomic E-state index is 13.1. The number of methoxy groups -OCH3 is 1. The van der Waals surface area contributed by atoms with Gasteiger partial charge in [0.05, 0.1) is 18.2 Å². The smallest absolute Gasteiger partial charge is 0.295 e. The molecular weight excluding hydrogens is 426 g/mol. The Balaban J connectivity index is 1.80. The molecule has 1 fully saturated rings. The number of nitrogens with zero attached hydrogens (tertiary/aromatic N) is 1. The highest BCUT2D eigenvalue weighted by molar-refractivity contribution is 6.46. The van der Waals surface area contributed by atoms with Crippen LogP contribution in [-0.4, -0.2) is 61.8 Å². The van der Waals surface area contributed by atoms with E-state index in [1.807, 2.05) is 19.1 Å². The number of fused-ring (bicyclic) bond motifs is 1. The topological polar surface area (TPSA) is 94.5 Å². The SMILES string of the molecule is CCOc1cccc(C2/C(=C(\O)c3ccc4c(c3)OCCO4)C(=O)C(=O)N2CCCOC)c1. The summed E-state index contributed by atoms with van der Waals surface area (Å²) in [5, 5.41) is 11.2. The lowest BCUT2D eigenvalue weighted by atomic mass is 9.95. The highest BCUT2D eigenvalue weighted by Crippen LogP contribution is 2.41. The van der Waals surface area contributed by atoms with Crippen LogP contribution in [0, 0.1) is 0 Å². The average Bonchev–Trinajstić information content (AvgIpc) is 3.09. The van der Waals surface area contributed by atoms with E-state index in [1.54, 1.807) is 37.4 Å². The minimum Gasteiger partial charge on any atom is -0.507 e. The van der Waals surface area contributed by atoms with Gasteiger partial charge < -0.3 is 29.0 Å². The Labute approximate surface area is 192 Å². The van der Waals surface area contributed by atoms with Crippen LogP contribution >= 0.6 is 0 Å². The third-order valence-electron chi connectivity index (χ3n) is 5.59. The molecule has 1 unspecified atom stereocenters. The summed E-state index contributed by atoms with van der Waals surface area (Å²) in [6.45, 7) is 3.95. The summed E-state index contributed by atoms with van der Waals surface area (Å²) in [4.78, 5) is 27.6. The predicted octanol–water partition coefficient (Wildman–Crippen LogP) is 3.31. The minimum atomic E-state index is -0.754. The maximum atomic E-state index is 13.1. The summed E-state index contributed by atoms with van der Waals surface area (Å²) in [7, 11) is 1.58. The molecule has 0 aromatic heterocycles. The molecule has 2 heterocycles.